The second-order valence-electron chi connectivity index (χ2n) is 6.53. The van der Waals surface area contributed by atoms with Crippen LogP contribution in [0.2, 0.25) is 0 Å². The minimum atomic E-state index is -0.227. The van der Waals surface area contributed by atoms with Gasteiger partial charge in [-0.2, -0.15) is 5.26 Å². The van der Waals surface area contributed by atoms with E-state index in [-0.39, 0.29) is 18.0 Å². The zero-order valence-corrected chi connectivity index (χ0v) is 13.6. The Labute approximate surface area is 137 Å². The van der Waals surface area contributed by atoms with E-state index >= 15 is 0 Å². The van der Waals surface area contributed by atoms with Gasteiger partial charge in [-0.25, -0.2) is 0 Å². The van der Waals surface area contributed by atoms with Crippen molar-refractivity contribution in [2.75, 3.05) is 25.0 Å². The summed E-state index contributed by atoms with van der Waals surface area (Å²) in [5.41, 5.74) is 1.19. The van der Waals surface area contributed by atoms with Gasteiger partial charge in [0.2, 0.25) is 5.91 Å². The summed E-state index contributed by atoms with van der Waals surface area (Å²) in [5, 5.41) is 12.6. The average molecular weight is 312 g/mol. The van der Waals surface area contributed by atoms with Gasteiger partial charge in [0.05, 0.1) is 12.1 Å². The van der Waals surface area contributed by atoms with Crippen molar-refractivity contribution in [1.29, 1.82) is 5.26 Å². The fourth-order valence-corrected chi connectivity index (χ4v) is 3.64. The summed E-state index contributed by atoms with van der Waals surface area (Å²) in [7, 11) is 2.08. The number of nitrogens with one attached hydrogen (secondary N) is 1. The van der Waals surface area contributed by atoms with Gasteiger partial charge in [-0.1, -0.05) is 18.2 Å². The summed E-state index contributed by atoms with van der Waals surface area (Å²) < 4.78 is 0. The van der Waals surface area contributed by atoms with Crippen LogP contribution >= 0.6 is 0 Å². The van der Waals surface area contributed by atoms with Gasteiger partial charge in [0.15, 0.2) is 0 Å². The van der Waals surface area contributed by atoms with Crippen LogP contribution < -0.4 is 10.2 Å². The molecule has 2 fully saturated rings. The summed E-state index contributed by atoms with van der Waals surface area (Å²) in [6.45, 7) is 1.61. The molecule has 5 heteroatoms. The molecule has 2 aliphatic heterocycles. The number of para-hydroxylation sites is 1. The topological polar surface area (TPSA) is 59.4 Å². The fraction of sp³-hybridized carbons (Fsp3) is 0.556. The van der Waals surface area contributed by atoms with Crippen LogP contribution in [-0.2, 0) is 4.79 Å². The Balaban J connectivity index is 1.54. The first-order valence-corrected chi connectivity index (χ1v) is 8.41. The number of carbonyl (C=O) groups is 1. The van der Waals surface area contributed by atoms with Gasteiger partial charge in [0, 0.05) is 31.9 Å². The lowest BCUT2D eigenvalue weighted by molar-refractivity contribution is -0.133. The number of hydrogen-bond donors (Lipinski definition) is 1. The van der Waals surface area contributed by atoms with Gasteiger partial charge >= 0.3 is 0 Å². The molecule has 2 heterocycles. The maximum Gasteiger partial charge on any atom is 0.240 e. The molecule has 0 saturated carbocycles. The molecule has 1 amide bonds. The summed E-state index contributed by atoms with van der Waals surface area (Å²) in [5.74, 6) is 0.110. The highest BCUT2D eigenvalue weighted by molar-refractivity contribution is 5.83. The molecular formula is C18H24N4O. The van der Waals surface area contributed by atoms with Crippen LogP contribution in [0.3, 0.4) is 0 Å². The smallest absolute Gasteiger partial charge is 0.240 e. The van der Waals surface area contributed by atoms with E-state index in [2.05, 4.69) is 35.5 Å². The van der Waals surface area contributed by atoms with Gasteiger partial charge < -0.3 is 15.1 Å². The molecule has 3 atom stereocenters. The SMILES string of the molecule is CN(C[C@H]1CC[C@@H](C(=O)N2CCC[C@H]2C#N)N1)c1ccccc1. The highest BCUT2D eigenvalue weighted by Crippen LogP contribution is 2.22. The standard InChI is InChI=1S/C18H24N4O/c1-21(15-6-3-2-4-7-15)13-14-9-10-17(20-14)18(23)22-11-5-8-16(22)12-19/h2-4,6-7,14,16-17,20H,5,8-11,13H2,1H3/t14-,16+,17+/m1/s1. The highest BCUT2D eigenvalue weighted by Gasteiger charge is 2.36. The van der Waals surface area contributed by atoms with E-state index in [1.165, 1.54) is 5.69 Å². The van der Waals surface area contributed by atoms with Gasteiger partial charge in [-0.3, -0.25) is 4.79 Å². The normalized spacial score (nSPS) is 27.0. The van der Waals surface area contributed by atoms with E-state index in [4.69, 9.17) is 5.26 Å². The van der Waals surface area contributed by atoms with Crippen molar-refractivity contribution >= 4 is 11.6 Å². The minimum Gasteiger partial charge on any atom is -0.373 e. The Morgan fingerprint density at radius 1 is 1.35 bits per heavy atom. The lowest BCUT2D eigenvalue weighted by Crippen LogP contribution is -2.48. The average Bonchev–Trinajstić information content (AvgIpc) is 3.24. The molecule has 3 rings (SSSR count). The maximum atomic E-state index is 12.6. The third kappa shape index (κ3) is 3.48. The largest absolute Gasteiger partial charge is 0.373 e. The molecule has 122 valence electrons. The van der Waals surface area contributed by atoms with Crippen LogP contribution in [-0.4, -0.2) is 49.1 Å². The predicted octanol–water partition coefficient (Wildman–Crippen LogP) is 1.76. The number of nitriles is 1. The van der Waals surface area contributed by atoms with E-state index < -0.39 is 0 Å². The van der Waals surface area contributed by atoms with E-state index in [0.29, 0.717) is 6.04 Å². The molecule has 0 aromatic heterocycles. The fourth-order valence-electron chi connectivity index (χ4n) is 3.64. The van der Waals surface area contributed by atoms with E-state index in [9.17, 15) is 4.79 Å². The van der Waals surface area contributed by atoms with Gasteiger partial charge in [-0.05, 0) is 37.8 Å². The number of carbonyl (C=O) groups excluding carboxylic acids is 1. The van der Waals surface area contributed by atoms with Crippen molar-refractivity contribution in [2.45, 2.75) is 43.8 Å². The molecule has 2 saturated heterocycles. The van der Waals surface area contributed by atoms with E-state index in [1.807, 2.05) is 18.2 Å². The number of hydrogen-bond acceptors (Lipinski definition) is 4. The number of amides is 1. The lowest BCUT2D eigenvalue weighted by atomic mass is 10.1. The number of anilines is 1. The molecular weight excluding hydrogens is 288 g/mol. The summed E-state index contributed by atoms with van der Waals surface area (Å²) in [4.78, 5) is 16.6. The predicted molar refractivity (Wildman–Crippen MR) is 90.0 cm³/mol. The zero-order valence-electron chi connectivity index (χ0n) is 13.6. The molecule has 0 spiro atoms. The third-order valence-corrected chi connectivity index (χ3v) is 4.91. The van der Waals surface area contributed by atoms with Crippen LogP contribution in [0, 0.1) is 11.3 Å². The molecule has 2 aliphatic rings. The van der Waals surface area contributed by atoms with E-state index in [0.717, 1.165) is 38.8 Å². The Hall–Kier alpha value is -2.06. The molecule has 1 N–H and O–H groups in total. The van der Waals surface area contributed by atoms with Gasteiger partial charge in [-0.15, -0.1) is 0 Å². The van der Waals surface area contributed by atoms with Crippen molar-refractivity contribution in [1.82, 2.24) is 10.2 Å². The molecule has 23 heavy (non-hydrogen) atoms. The Bertz CT molecular complexity index is 582. The van der Waals surface area contributed by atoms with E-state index in [1.54, 1.807) is 4.90 Å². The summed E-state index contributed by atoms with van der Waals surface area (Å²) >= 11 is 0. The second kappa shape index (κ2) is 7.01. The van der Waals surface area contributed by atoms with Crippen molar-refractivity contribution in [3.05, 3.63) is 30.3 Å². The number of rotatable bonds is 4. The Morgan fingerprint density at radius 3 is 2.87 bits per heavy atom. The molecule has 1 aromatic carbocycles. The van der Waals surface area contributed by atoms with Crippen LogP contribution in [0.5, 0.6) is 0 Å². The number of likely N-dealkylation sites (tertiary alicyclic amines) is 1. The number of benzene rings is 1. The van der Waals surface area contributed by atoms with Crippen molar-refractivity contribution in [2.24, 2.45) is 0 Å². The quantitative estimate of drug-likeness (QED) is 0.920. The van der Waals surface area contributed by atoms with Gasteiger partial charge in [0.1, 0.15) is 6.04 Å². The van der Waals surface area contributed by atoms with Gasteiger partial charge in [0.25, 0.3) is 0 Å². The van der Waals surface area contributed by atoms with Crippen LogP contribution in [0.4, 0.5) is 5.69 Å². The third-order valence-electron chi connectivity index (χ3n) is 4.91. The van der Waals surface area contributed by atoms with Crippen molar-refractivity contribution in [3.63, 3.8) is 0 Å². The van der Waals surface area contributed by atoms with Crippen LogP contribution in [0.25, 0.3) is 0 Å². The summed E-state index contributed by atoms with van der Waals surface area (Å²) in [6.07, 6.45) is 3.62. The number of nitrogens with zero attached hydrogens (tertiary/aromatic N) is 3. The van der Waals surface area contributed by atoms with Crippen LogP contribution in [0.1, 0.15) is 25.7 Å². The van der Waals surface area contributed by atoms with Crippen molar-refractivity contribution < 1.29 is 4.79 Å². The first-order chi connectivity index (χ1) is 11.2. The molecule has 1 aromatic rings. The minimum absolute atomic E-state index is 0.110. The highest BCUT2D eigenvalue weighted by atomic mass is 16.2. The first kappa shape index (κ1) is 15.8. The zero-order chi connectivity index (χ0) is 16.2. The monoisotopic (exact) mass is 312 g/mol. The maximum absolute atomic E-state index is 12.6. The molecule has 0 aliphatic carbocycles. The molecule has 0 bridgehead atoms. The first-order valence-electron chi connectivity index (χ1n) is 8.41. The number of likely N-dealkylation sites (N-methyl/N-ethyl adjacent to an activating group) is 1. The van der Waals surface area contributed by atoms with Crippen molar-refractivity contribution in [3.8, 4) is 6.07 Å². The summed E-state index contributed by atoms with van der Waals surface area (Å²) in [6, 6.07) is 12.5. The Kier molecular flexibility index (Phi) is 4.82. The second-order valence-corrected chi connectivity index (χ2v) is 6.53. The Morgan fingerprint density at radius 2 is 2.13 bits per heavy atom. The lowest BCUT2D eigenvalue weighted by Gasteiger charge is -2.26. The molecule has 5 nitrogen and oxygen atoms in total. The molecule has 0 radical (unpaired) electrons. The molecule has 0 unspecified atom stereocenters. The van der Waals surface area contributed by atoms with Crippen LogP contribution in [0.15, 0.2) is 30.3 Å².